The summed E-state index contributed by atoms with van der Waals surface area (Å²) in [6, 6.07) is 9.15. The van der Waals surface area contributed by atoms with Gasteiger partial charge >= 0.3 is 0 Å². The first-order valence-corrected chi connectivity index (χ1v) is 8.12. The topological polar surface area (TPSA) is 54.5 Å². The summed E-state index contributed by atoms with van der Waals surface area (Å²) in [5.74, 6) is -0.0442. The number of benzene rings is 1. The molecule has 0 bridgehead atoms. The molecule has 1 aromatic rings. The Labute approximate surface area is 114 Å². The third-order valence-corrected chi connectivity index (χ3v) is 5.36. The average Bonchev–Trinajstić information content (AvgIpc) is 2.39. The van der Waals surface area contributed by atoms with Crippen LogP contribution < -0.4 is 0 Å². The van der Waals surface area contributed by atoms with E-state index in [2.05, 4.69) is 0 Å². The molecular formula is C14H19NO3S. The van der Waals surface area contributed by atoms with Gasteiger partial charge in [-0.1, -0.05) is 30.3 Å². The smallest absolute Gasteiger partial charge is 0.218 e. The number of piperidine rings is 1. The molecule has 5 heteroatoms. The molecule has 104 valence electrons. The van der Waals surface area contributed by atoms with Gasteiger partial charge in [-0.15, -0.1) is 0 Å². The average molecular weight is 281 g/mol. The molecule has 0 radical (unpaired) electrons. The fourth-order valence-corrected chi connectivity index (χ4v) is 4.01. The van der Waals surface area contributed by atoms with Crippen molar-refractivity contribution >= 4 is 15.8 Å². The van der Waals surface area contributed by atoms with E-state index in [1.165, 1.54) is 11.2 Å². The van der Waals surface area contributed by atoms with Crippen molar-refractivity contribution < 1.29 is 13.2 Å². The van der Waals surface area contributed by atoms with Crippen LogP contribution >= 0.6 is 0 Å². The van der Waals surface area contributed by atoms with Crippen molar-refractivity contribution in [1.29, 1.82) is 0 Å². The second kappa shape index (κ2) is 5.84. The molecule has 0 spiro atoms. The second-order valence-electron chi connectivity index (χ2n) is 5.05. The zero-order valence-electron chi connectivity index (χ0n) is 11.1. The first-order chi connectivity index (χ1) is 8.99. The van der Waals surface area contributed by atoms with Gasteiger partial charge in [0.25, 0.3) is 0 Å². The van der Waals surface area contributed by atoms with Gasteiger partial charge in [0.05, 0.1) is 5.75 Å². The highest BCUT2D eigenvalue weighted by atomic mass is 32.2. The molecule has 1 aliphatic heterocycles. The van der Waals surface area contributed by atoms with Crippen molar-refractivity contribution in [3.63, 3.8) is 0 Å². The fraction of sp³-hybridized carbons (Fsp3) is 0.500. The lowest BCUT2D eigenvalue weighted by molar-refractivity contribution is -0.121. The molecule has 0 amide bonds. The van der Waals surface area contributed by atoms with Crippen LogP contribution in [0.5, 0.6) is 0 Å². The quantitative estimate of drug-likeness (QED) is 0.846. The minimum Gasteiger partial charge on any atom is -0.300 e. The molecule has 0 saturated carbocycles. The Morgan fingerprint density at radius 3 is 2.63 bits per heavy atom. The summed E-state index contributed by atoms with van der Waals surface area (Å²) >= 11 is 0. The van der Waals surface area contributed by atoms with Crippen LogP contribution in [0.1, 0.15) is 25.3 Å². The number of sulfonamides is 1. The predicted octanol–water partition coefficient (Wildman–Crippen LogP) is 1.82. The lowest BCUT2D eigenvalue weighted by Crippen LogP contribution is -2.42. The Hall–Kier alpha value is -1.20. The highest BCUT2D eigenvalue weighted by Gasteiger charge is 2.30. The largest absolute Gasteiger partial charge is 0.300 e. The van der Waals surface area contributed by atoms with Crippen molar-refractivity contribution in [2.75, 3.05) is 13.1 Å². The lowest BCUT2D eigenvalue weighted by Gasteiger charge is -2.30. The van der Waals surface area contributed by atoms with E-state index in [9.17, 15) is 13.2 Å². The summed E-state index contributed by atoms with van der Waals surface area (Å²) in [7, 11) is -3.32. The van der Waals surface area contributed by atoms with Crippen molar-refractivity contribution in [1.82, 2.24) is 4.31 Å². The van der Waals surface area contributed by atoms with Gasteiger partial charge in [-0.3, -0.25) is 4.79 Å². The third-order valence-electron chi connectivity index (χ3n) is 3.54. The van der Waals surface area contributed by atoms with Crippen molar-refractivity contribution in [2.45, 2.75) is 25.5 Å². The molecule has 1 heterocycles. The zero-order chi connectivity index (χ0) is 13.9. The maximum Gasteiger partial charge on any atom is 0.218 e. The third kappa shape index (κ3) is 3.64. The minimum absolute atomic E-state index is 0.0124. The van der Waals surface area contributed by atoms with E-state index in [0.717, 1.165) is 18.4 Å². The van der Waals surface area contributed by atoms with Gasteiger partial charge in [0.1, 0.15) is 5.78 Å². The fourth-order valence-electron chi connectivity index (χ4n) is 2.40. The molecule has 0 aromatic heterocycles. The van der Waals surface area contributed by atoms with Gasteiger partial charge in [0.15, 0.2) is 0 Å². The molecule has 1 aromatic carbocycles. The molecule has 2 rings (SSSR count). The van der Waals surface area contributed by atoms with Crippen molar-refractivity contribution in [3.05, 3.63) is 35.9 Å². The maximum atomic E-state index is 12.3. The molecular weight excluding hydrogens is 262 g/mol. The number of nitrogens with zero attached hydrogens (tertiary/aromatic N) is 1. The minimum atomic E-state index is -3.32. The van der Waals surface area contributed by atoms with E-state index < -0.39 is 10.0 Å². The molecule has 0 aliphatic carbocycles. The van der Waals surface area contributed by atoms with E-state index in [1.54, 1.807) is 0 Å². The van der Waals surface area contributed by atoms with Crippen LogP contribution in [0.4, 0.5) is 0 Å². The van der Waals surface area contributed by atoms with Gasteiger partial charge in [-0.25, -0.2) is 12.7 Å². The van der Waals surface area contributed by atoms with E-state index in [4.69, 9.17) is 0 Å². The van der Waals surface area contributed by atoms with Gasteiger partial charge < -0.3 is 0 Å². The second-order valence-corrected chi connectivity index (χ2v) is 7.02. The van der Waals surface area contributed by atoms with Crippen LogP contribution in [-0.2, 0) is 20.6 Å². The standard InChI is InChI=1S/C14H19NO3S/c1-12(16)14-8-5-9-15(10-14)19(17,18)11-13-6-3-2-4-7-13/h2-4,6-7,14H,5,8-11H2,1H3. The van der Waals surface area contributed by atoms with E-state index >= 15 is 0 Å². The molecule has 4 nitrogen and oxygen atoms in total. The van der Waals surface area contributed by atoms with Gasteiger partial charge in [-0.05, 0) is 25.3 Å². The number of rotatable bonds is 4. The van der Waals surface area contributed by atoms with Crippen molar-refractivity contribution in [3.8, 4) is 0 Å². The number of hydrogen-bond acceptors (Lipinski definition) is 3. The van der Waals surface area contributed by atoms with Crippen LogP contribution in [0.15, 0.2) is 30.3 Å². The van der Waals surface area contributed by atoms with Crippen LogP contribution in [0.2, 0.25) is 0 Å². The Morgan fingerprint density at radius 1 is 1.32 bits per heavy atom. The molecule has 1 saturated heterocycles. The number of hydrogen-bond donors (Lipinski definition) is 0. The van der Waals surface area contributed by atoms with Crippen LogP contribution in [0.25, 0.3) is 0 Å². The SMILES string of the molecule is CC(=O)C1CCCN(S(=O)(=O)Cc2ccccc2)C1. The maximum absolute atomic E-state index is 12.3. The summed E-state index contributed by atoms with van der Waals surface area (Å²) in [5, 5.41) is 0. The first kappa shape index (κ1) is 14.2. The Balaban J connectivity index is 2.09. The normalized spacial score (nSPS) is 21.2. The van der Waals surface area contributed by atoms with E-state index in [0.29, 0.717) is 13.1 Å². The zero-order valence-corrected chi connectivity index (χ0v) is 11.9. The Bertz CT molecular complexity index is 539. The number of carbonyl (C=O) groups is 1. The van der Waals surface area contributed by atoms with E-state index in [1.807, 2.05) is 30.3 Å². The van der Waals surface area contributed by atoms with Crippen LogP contribution in [0.3, 0.4) is 0 Å². The number of Topliss-reactive ketones (excluding diaryl/α,β-unsaturated/α-hetero) is 1. The highest BCUT2D eigenvalue weighted by Crippen LogP contribution is 2.21. The molecule has 1 unspecified atom stereocenters. The molecule has 1 aliphatic rings. The van der Waals surface area contributed by atoms with Crippen LogP contribution in [-0.4, -0.2) is 31.6 Å². The molecule has 19 heavy (non-hydrogen) atoms. The number of carbonyl (C=O) groups excluding carboxylic acids is 1. The van der Waals surface area contributed by atoms with Crippen LogP contribution in [0, 0.1) is 5.92 Å². The van der Waals surface area contributed by atoms with Gasteiger partial charge in [0, 0.05) is 19.0 Å². The number of ketones is 1. The Morgan fingerprint density at radius 2 is 2.00 bits per heavy atom. The Kier molecular flexibility index (Phi) is 4.37. The predicted molar refractivity (Wildman–Crippen MR) is 74.0 cm³/mol. The summed E-state index contributed by atoms with van der Waals surface area (Å²) in [6.45, 7) is 2.40. The monoisotopic (exact) mass is 281 g/mol. The molecule has 1 atom stereocenters. The summed E-state index contributed by atoms with van der Waals surface area (Å²) in [6.07, 6.45) is 1.56. The molecule has 1 fully saturated rings. The highest BCUT2D eigenvalue weighted by molar-refractivity contribution is 7.88. The summed E-state index contributed by atoms with van der Waals surface area (Å²) in [5.41, 5.74) is 0.785. The molecule has 0 N–H and O–H groups in total. The van der Waals surface area contributed by atoms with Gasteiger partial charge in [-0.2, -0.15) is 0 Å². The summed E-state index contributed by atoms with van der Waals surface area (Å²) < 4.78 is 26.1. The van der Waals surface area contributed by atoms with Gasteiger partial charge in [0.2, 0.25) is 10.0 Å². The van der Waals surface area contributed by atoms with E-state index in [-0.39, 0.29) is 17.5 Å². The first-order valence-electron chi connectivity index (χ1n) is 6.51. The summed E-state index contributed by atoms with van der Waals surface area (Å²) in [4.78, 5) is 11.4. The van der Waals surface area contributed by atoms with Crippen molar-refractivity contribution in [2.24, 2.45) is 5.92 Å². The lowest BCUT2D eigenvalue weighted by atomic mass is 9.96.